The molecule has 9 heteroatoms. The number of ether oxygens (including phenoxy) is 5. The van der Waals surface area contributed by atoms with Gasteiger partial charge in [0.2, 0.25) is 11.5 Å². The van der Waals surface area contributed by atoms with Gasteiger partial charge in [0.15, 0.2) is 29.1 Å². The number of methoxy groups -OCH3 is 2. The van der Waals surface area contributed by atoms with Crippen LogP contribution < -0.4 is 23.7 Å². The summed E-state index contributed by atoms with van der Waals surface area (Å²) >= 11 is 3.33. The van der Waals surface area contributed by atoms with Crippen LogP contribution in [0.3, 0.4) is 0 Å². The first-order valence-corrected chi connectivity index (χ1v) is 8.55. The molecular formula is C18H15BrF2O6. The van der Waals surface area contributed by atoms with Crippen molar-refractivity contribution in [2.45, 2.75) is 19.3 Å². The number of carbonyl (C=O) groups is 1. The van der Waals surface area contributed by atoms with Crippen molar-refractivity contribution < 1.29 is 37.3 Å². The van der Waals surface area contributed by atoms with Crippen molar-refractivity contribution in [3.63, 3.8) is 0 Å². The van der Waals surface area contributed by atoms with Crippen LogP contribution in [0, 0.1) is 0 Å². The van der Waals surface area contributed by atoms with E-state index in [1.807, 2.05) is 0 Å². The molecule has 0 radical (unpaired) electrons. The van der Waals surface area contributed by atoms with E-state index in [4.69, 9.17) is 14.2 Å². The molecule has 27 heavy (non-hydrogen) atoms. The zero-order valence-corrected chi connectivity index (χ0v) is 16.1. The van der Waals surface area contributed by atoms with Crippen LogP contribution >= 0.6 is 15.9 Å². The van der Waals surface area contributed by atoms with Gasteiger partial charge in [-0.3, -0.25) is 4.79 Å². The zero-order valence-electron chi connectivity index (χ0n) is 14.5. The van der Waals surface area contributed by atoms with E-state index in [9.17, 15) is 13.6 Å². The molecule has 1 heterocycles. The van der Waals surface area contributed by atoms with Gasteiger partial charge >= 0.3 is 6.29 Å². The highest BCUT2D eigenvalue weighted by atomic mass is 79.9. The Hall–Kier alpha value is -2.55. The SMILES string of the molecule is COc1cc(Br)cc(OC)c1OC(C)C(=O)c1ccc2c(c1)OC(F)(F)O2. The van der Waals surface area contributed by atoms with Crippen molar-refractivity contribution in [1.82, 2.24) is 0 Å². The summed E-state index contributed by atoms with van der Waals surface area (Å²) in [6.45, 7) is 1.53. The highest BCUT2D eigenvalue weighted by Gasteiger charge is 2.43. The van der Waals surface area contributed by atoms with E-state index < -0.39 is 18.2 Å². The van der Waals surface area contributed by atoms with E-state index in [1.165, 1.54) is 39.3 Å². The van der Waals surface area contributed by atoms with Crippen molar-refractivity contribution in [3.05, 3.63) is 40.4 Å². The van der Waals surface area contributed by atoms with Crippen molar-refractivity contribution in [3.8, 4) is 28.7 Å². The Morgan fingerprint density at radius 2 is 1.67 bits per heavy atom. The predicted molar refractivity (Wildman–Crippen MR) is 94.3 cm³/mol. The third-order valence-electron chi connectivity index (χ3n) is 3.78. The van der Waals surface area contributed by atoms with Gasteiger partial charge in [-0.2, -0.15) is 0 Å². The highest BCUT2D eigenvalue weighted by Crippen LogP contribution is 2.42. The third kappa shape index (κ3) is 3.92. The third-order valence-corrected chi connectivity index (χ3v) is 4.23. The van der Waals surface area contributed by atoms with Gasteiger partial charge in [0.05, 0.1) is 14.2 Å². The number of Topliss-reactive ketones (excluding diaryl/α,β-unsaturated/α-hetero) is 1. The number of ketones is 1. The second kappa shape index (κ2) is 7.22. The lowest BCUT2D eigenvalue weighted by atomic mass is 10.1. The average molecular weight is 445 g/mol. The number of hydrogen-bond acceptors (Lipinski definition) is 6. The van der Waals surface area contributed by atoms with Crippen molar-refractivity contribution in [2.75, 3.05) is 14.2 Å². The predicted octanol–water partition coefficient (Wildman–Crippen LogP) is 4.44. The number of hydrogen-bond donors (Lipinski definition) is 0. The number of alkyl halides is 2. The highest BCUT2D eigenvalue weighted by molar-refractivity contribution is 9.10. The minimum atomic E-state index is -3.75. The van der Waals surface area contributed by atoms with Crippen LogP contribution in [0.25, 0.3) is 0 Å². The molecule has 0 saturated carbocycles. The normalized spacial score (nSPS) is 15.2. The molecule has 1 aliphatic heterocycles. The van der Waals surface area contributed by atoms with E-state index in [2.05, 4.69) is 25.4 Å². The molecule has 6 nitrogen and oxygen atoms in total. The Labute approximate surface area is 162 Å². The van der Waals surface area contributed by atoms with Gasteiger partial charge in [-0.05, 0) is 37.3 Å². The van der Waals surface area contributed by atoms with Gasteiger partial charge in [-0.1, -0.05) is 15.9 Å². The molecule has 0 bridgehead atoms. The fraction of sp³-hybridized carbons (Fsp3) is 0.278. The standard InChI is InChI=1S/C18H15BrF2O6/c1-9(25-17-14(23-2)7-11(19)8-15(17)24-3)16(22)10-4-5-12-13(6-10)27-18(20,21)26-12/h4-9H,1-3H3. The monoisotopic (exact) mass is 444 g/mol. The maximum atomic E-state index is 13.1. The first-order valence-electron chi connectivity index (χ1n) is 7.76. The maximum absolute atomic E-state index is 13.1. The first-order chi connectivity index (χ1) is 12.7. The molecule has 1 aliphatic rings. The van der Waals surface area contributed by atoms with Crippen LogP contribution in [-0.2, 0) is 0 Å². The Kier molecular flexibility index (Phi) is 5.14. The average Bonchev–Trinajstić information content (AvgIpc) is 2.94. The van der Waals surface area contributed by atoms with E-state index in [-0.39, 0.29) is 22.8 Å². The second-order valence-corrected chi connectivity index (χ2v) is 6.51. The second-order valence-electron chi connectivity index (χ2n) is 5.59. The van der Waals surface area contributed by atoms with Crippen LogP contribution in [0.1, 0.15) is 17.3 Å². The molecule has 0 aromatic heterocycles. The largest absolute Gasteiger partial charge is 0.586 e. The first kappa shape index (κ1) is 19.2. The van der Waals surface area contributed by atoms with Gasteiger partial charge in [-0.15, -0.1) is 8.78 Å². The van der Waals surface area contributed by atoms with Crippen LogP contribution in [0.4, 0.5) is 8.78 Å². The number of rotatable bonds is 6. The summed E-state index contributed by atoms with van der Waals surface area (Å²) < 4.78 is 52.0. The minimum Gasteiger partial charge on any atom is -0.493 e. The minimum absolute atomic E-state index is 0.137. The van der Waals surface area contributed by atoms with Crippen LogP contribution in [0.2, 0.25) is 0 Å². The van der Waals surface area contributed by atoms with Crippen LogP contribution in [0.5, 0.6) is 28.7 Å². The molecule has 0 saturated heterocycles. The van der Waals surface area contributed by atoms with Crippen molar-refractivity contribution in [1.29, 1.82) is 0 Å². The number of fused-ring (bicyclic) bond motifs is 1. The van der Waals surface area contributed by atoms with Crippen LogP contribution in [0.15, 0.2) is 34.8 Å². The summed E-state index contributed by atoms with van der Waals surface area (Å²) in [6, 6.07) is 7.13. The number of carbonyl (C=O) groups excluding carboxylic acids is 1. The Morgan fingerprint density at radius 3 is 2.26 bits per heavy atom. The number of halogens is 3. The fourth-order valence-corrected chi connectivity index (χ4v) is 2.95. The molecule has 0 spiro atoms. The lowest BCUT2D eigenvalue weighted by Crippen LogP contribution is -2.26. The summed E-state index contributed by atoms with van der Waals surface area (Å²) in [5.41, 5.74) is 0.137. The molecule has 0 amide bonds. The summed E-state index contributed by atoms with van der Waals surface area (Å²) in [7, 11) is 2.91. The Bertz CT molecular complexity index is 861. The fourth-order valence-electron chi connectivity index (χ4n) is 2.53. The summed E-state index contributed by atoms with van der Waals surface area (Å²) in [5, 5.41) is 0. The van der Waals surface area contributed by atoms with Crippen molar-refractivity contribution in [2.24, 2.45) is 0 Å². The molecule has 1 atom stereocenters. The van der Waals surface area contributed by atoms with E-state index in [0.29, 0.717) is 16.0 Å². The molecule has 2 aromatic carbocycles. The van der Waals surface area contributed by atoms with Gasteiger partial charge in [0, 0.05) is 10.0 Å². The summed E-state index contributed by atoms with van der Waals surface area (Å²) in [4.78, 5) is 12.7. The topological polar surface area (TPSA) is 63.2 Å². The Morgan fingerprint density at radius 1 is 1.07 bits per heavy atom. The Balaban J connectivity index is 1.84. The van der Waals surface area contributed by atoms with Gasteiger partial charge in [0.25, 0.3) is 0 Å². The van der Waals surface area contributed by atoms with E-state index in [1.54, 1.807) is 12.1 Å². The zero-order chi connectivity index (χ0) is 19.8. The van der Waals surface area contributed by atoms with E-state index >= 15 is 0 Å². The maximum Gasteiger partial charge on any atom is 0.586 e. The number of benzene rings is 2. The smallest absolute Gasteiger partial charge is 0.493 e. The van der Waals surface area contributed by atoms with Crippen LogP contribution in [-0.4, -0.2) is 32.4 Å². The lowest BCUT2D eigenvalue weighted by Gasteiger charge is -2.19. The molecular weight excluding hydrogens is 430 g/mol. The van der Waals surface area contributed by atoms with E-state index in [0.717, 1.165) is 0 Å². The molecule has 3 rings (SSSR count). The van der Waals surface area contributed by atoms with Gasteiger partial charge < -0.3 is 23.7 Å². The summed E-state index contributed by atoms with van der Waals surface area (Å²) in [5.74, 6) is 0.190. The molecule has 1 unspecified atom stereocenters. The molecule has 0 aliphatic carbocycles. The molecule has 144 valence electrons. The summed E-state index contributed by atoms with van der Waals surface area (Å²) in [6.07, 6.45) is -4.69. The quantitative estimate of drug-likeness (QED) is 0.613. The molecule has 0 fully saturated rings. The lowest BCUT2D eigenvalue weighted by molar-refractivity contribution is -0.286. The molecule has 0 N–H and O–H groups in total. The van der Waals surface area contributed by atoms with Crippen molar-refractivity contribution >= 4 is 21.7 Å². The van der Waals surface area contributed by atoms with Gasteiger partial charge in [-0.25, -0.2) is 0 Å². The van der Waals surface area contributed by atoms with Gasteiger partial charge in [0.1, 0.15) is 0 Å². The molecule has 2 aromatic rings.